The van der Waals surface area contributed by atoms with Crippen LogP contribution in [0.3, 0.4) is 0 Å². The summed E-state index contributed by atoms with van der Waals surface area (Å²) >= 11 is 1.55. The predicted molar refractivity (Wildman–Crippen MR) is 84.5 cm³/mol. The first-order chi connectivity index (χ1) is 10.6. The number of aliphatic hydroxyl groups excluding tert-OH is 5. The molecule has 144 valence electrons. The van der Waals surface area contributed by atoms with Gasteiger partial charge in [0.25, 0.3) is 0 Å². The number of hydrogen-bond donors (Lipinski definition) is 6. The number of carboxylic acid groups (broad SMARTS) is 1. The first-order valence-corrected chi connectivity index (χ1v) is 7.38. The molecule has 0 aromatic heterocycles. The van der Waals surface area contributed by atoms with Gasteiger partial charge in [0.1, 0.15) is 18.3 Å². The second-order valence-electron chi connectivity index (χ2n) is 4.29. The zero-order valence-electron chi connectivity index (χ0n) is 12.6. The molecule has 10 N–H and O–H groups in total. The van der Waals surface area contributed by atoms with Gasteiger partial charge in [-0.3, -0.25) is 0 Å². The Balaban J connectivity index is -0.000000367. The van der Waals surface area contributed by atoms with Crippen molar-refractivity contribution in [2.24, 2.45) is 0 Å². The maximum atomic E-state index is 10.1. The standard InChI is InChI=1S/C6H4NO2.C6H12O7.2H2O.Sb/c8-7(9)6-4-2-1-3-5-6;7-1-2(8)3(9)4(10)5(11)6(12)13;;;/h2-5H;2-5,7-11H,1H2,(H,12,13);2*1H2;. The Morgan fingerprint density at radius 1 is 1.08 bits per heavy atom. The summed E-state index contributed by atoms with van der Waals surface area (Å²) in [6.45, 7) is -0.843. The third-order valence-electron chi connectivity index (χ3n) is 2.57. The summed E-state index contributed by atoms with van der Waals surface area (Å²) in [4.78, 5) is 19.8. The molecule has 0 heterocycles. The van der Waals surface area contributed by atoms with Gasteiger partial charge in [0.05, 0.1) is 6.61 Å². The SMILES string of the molecule is O.O.O=C(O)C(O)C(O)C(O)C(O)CO.O=[N+]([O-])c1cc[c]([Sb])cc1. The van der Waals surface area contributed by atoms with E-state index in [9.17, 15) is 14.9 Å². The number of hydrogen-bond acceptors (Lipinski definition) is 8. The van der Waals surface area contributed by atoms with Crippen LogP contribution < -0.4 is 3.51 Å². The summed E-state index contributed by atoms with van der Waals surface area (Å²) in [6.07, 6.45) is -7.84. The van der Waals surface area contributed by atoms with Crippen LogP contribution in [-0.2, 0) is 4.79 Å². The van der Waals surface area contributed by atoms with Crippen LogP contribution >= 0.6 is 0 Å². The van der Waals surface area contributed by atoms with Crippen molar-refractivity contribution in [2.45, 2.75) is 24.4 Å². The van der Waals surface area contributed by atoms with Gasteiger partial charge in [-0.2, -0.15) is 0 Å². The number of rotatable bonds is 6. The van der Waals surface area contributed by atoms with Crippen molar-refractivity contribution in [3.8, 4) is 0 Å². The third-order valence-corrected chi connectivity index (χ3v) is 3.42. The van der Waals surface area contributed by atoms with E-state index < -0.39 is 41.9 Å². The van der Waals surface area contributed by atoms with Crippen LogP contribution in [-0.4, -0.2) is 107 Å². The fourth-order valence-corrected chi connectivity index (χ4v) is 1.67. The Bertz CT molecular complexity index is 512. The first kappa shape index (κ1) is 28.4. The van der Waals surface area contributed by atoms with Crippen LogP contribution in [0, 0.1) is 10.1 Å². The average Bonchev–Trinajstić information content (AvgIpc) is 2.52. The summed E-state index contributed by atoms with van der Waals surface area (Å²) < 4.78 is 1.08. The second-order valence-corrected chi connectivity index (χ2v) is 5.76. The molecule has 0 fully saturated rings. The third kappa shape index (κ3) is 10.3. The average molecular weight is 476 g/mol. The van der Waals surface area contributed by atoms with Gasteiger partial charge < -0.3 is 41.6 Å². The number of benzene rings is 1. The summed E-state index contributed by atoms with van der Waals surface area (Å²) in [5, 5.41) is 61.9. The molecule has 0 saturated carbocycles. The van der Waals surface area contributed by atoms with Crippen molar-refractivity contribution < 1.29 is 51.3 Å². The number of carbonyl (C=O) groups is 1. The zero-order valence-corrected chi connectivity index (χ0v) is 15.2. The molecule has 0 spiro atoms. The number of aliphatic hydroxyl groups is 5. The molecule has 1 aromatic rings. The fraction of sp³-hybridized carbons (Fsp3) is 0.417. The van der Waals surface area contributed by atoms with E-state index >= 15 is 0 Å². The molecule has 0 amide bonds. The zero-order chi connectivity index (χ0) is 18.2. The Morgan fingerprint density at radius 2 is 1.52 bits per heavy atom. The van der Waals surface area contributed by atoms with Crippen molar-refractivity contribution in [3.63, 3.8) is 0 Å². The molecule has 4 atom stereocenters. The Morgan fingerprint density at radius 3 is 1.84 bits per heavy atom. The second kappa shape index (κ2) is 13.9. The van der Waals surface area contributed by atoms with Crippen LogP contribution in [0.25, 0.3) is 0 Å². The van der Waals surface area contributed by atoms with Gasteiger partial charge in [0, 0.05) is 0 Å². The molecule has 4 unspecified atom stereocenters. The van der Waals surface area contributed by atoms with Crippen molar-refractivity contribution in [1.29, 1.82) is 0 Å². The molecular weight excluding hydrogens is 456 g/mol. The minimum absolute atomic E-state index is 0. The van der Waals surface area contributed by atoms with Gasteiger partial charge >= 0.3 is 77.5 Å². The molecule has 0 saturated heterocycles. The van der Waals surface area contributed by atoms with Crippen molar-refractivity contribution >= 4 is 38.2 Å². The topological polar surface area (TPSA) is 245 Å². The molecule has 0 aliphatic heterocycles. The van der Waals surface area contributed by atoms with E-state index in [-0.39, 0.29) is 16.6 Å². The number of aliphatic carboxylic acids is 1. The van der Waals surface area contributed by atoms with Crippen molar-refractivity contribution in [1.82, 2.24) is 0 Å². The number of nitrogens with zero attached hydrogens (tertiary/aromatic N) is 1. The Labute approximate surface area is 155 Å². The summed E-state index contributed by atoms with van der Waals surface area (Å²) in [6, 6.07) is 6.50. The first-order valence-electron chi connectivity index (χ1n) is 6.11. The number of nitro groups is 1. The van der Waals surface area contributed by atoms with E-state index in [2.05, 4.69) is 0 Å². The van der Waals surface area contributed by atoms with Crippen LogP contribution in [0.15, 0.2) is 24.3 Å². The van der Waals surface area contributed by atoms with E-state index in [1.165, 1.54) is 12.1 Å². The normalized spacial score (nSPS) is 14.3. The monoisotopic (exact) mass is 475 g/mol. The molecule has 1 aromatic carbocycles. The molecule has 0 aliphatic carbocycles. The van der Waals surface area contributed by atoms with Crippen molar-refractivity contribution in [2.75, 3.05) is 6.61 Å². The minimum atomic E-state index is -2.20. The summed E-state index contributed by atoms with van der Waals surface area (Å²) in [5.74, 6) is -1.73. The van der Waals surface area contributed by atoms with Gasteiger partial charge in [-0.25, -0.2) is 4.79 Å². The van der Waals surface area contributed by atoms with Gasteiger partial charge in [-0.1, -0.05) is 0 Å². The number of non-ortho nitro benzene ring substituents is 1. The van der Waals surface area contributed by atoms with Gasteiger partial charge in [0.15, 0.2) is 6.10 Å². The Hall–Kier alpha value is -1.37. The van der Waals surface area contributed by atoms with Gasteiger partial charge in [0.2, 0.25) is 0 Å². The molecule has 25 heavy (non-hydrogen) atoms. The number of carboxylic acids is 1. The van der Waals surface area contributed by atoms with E-state index in [1.807, 2.05) is 0 Å². The van der Waals surface area contributed by atoms with Crippen molar-refractivity contribution in [3.05, 3.63) is 34.4 Å². The van der Waals surface area contributed by atoms with E-state index in [0.29, 0.717) is 0 Å². The summed E-state index contributed by atoms with van der Waals surface area (Å²) in [7, 11) is 0. The fourth-order valence-electron chi connectivity index (χ4n) is 1.24. The summed E-state index contributed by atoms with van der Waals surface area (Å²) in [5.41, 5.74) is 0.152. The molecule has 13 heteroatoms. The van der Waals surface area contributed by atoms with Crippen LogP contribution in [0.5, 0.6) is 0 Å². The number of nitro benzene ring substituents is 1. The predicted octanol–water partition coefficient (Wildman–Crippen LogP) is -4.75. The van der Waals surface area contributed by atoms with Gasteiger partial charge in [-0.15, -0.1) is 0 Å². The molecule has 2 radical (unpaired) electrons. The van der Waals surface area contributed by atoms with E-state index in [0.717, 1.165) is 3.51 Å². The van der Waals surface area contributed by atoms with E-state index in [1.54, 1.807) is 35.2 Å². The molecule has 0 bridgehead atoms. The molecule has 12 nitrogen and oxygen atoms in total. The van der Waals surface area contributed by atoms with Crippen LogP contribution in [0.4, 0.5) is 5.69 Å². The van der Waals surface area contributed by atoms with Crippen LogP contribution in [0.2, 0.25) is 0 Å². The van der Waals surface area contributed by atoms with E-state index in [4.69, 9.17) is 30.6 Å². The quantitative estimate of drug-likeness (QED) is 0.131. The van der Waals surface area contributed by atoms with Crippen LogP contribution in [0.1, 0.15) is 0 Å². The maximum absolute atomic E-state index is 10.1. The Kier molecular flexibility index (Phi) is 15.8. The molecule has 0 aliphatic rings. The van der Waals surface area contributed by atoms with Gasteiger partial charge in [-0.05, 0) is 0 Å². The molecule has 1 rings (SSSR count). The molecular formula is C12H20NO11Sb.